The fourth-order valence-corrected chi connectivity index (χ4v) is 3.22. The third-order valence-corrected chi connectivity index (χ3v) is 4.67. The van der Waals surface area contributed by atoms with E-state index >= 15 is 0 Å². The standard InChI is InChI=1S/C14H17FO3S/c1-9-14(5-6-18-9)19-8-12(16)11-7-10(15)3-4-13(11)17-2/h3-4,7,9,14H,5-6,8H2,1-2H3. The van der Waals surface area contributed by atoms with Crippen LogP contribution in [0.25, 0.3) is 0 Å². The fraction of sp³-hybridized carbons (Fsp3) is 0.500. The monoisotopic (exact) mass is 284 g/mol. The van der Waals surface area contributed by atoms with E-state index in [9.17, 15) is 9.18 Å². The molecule has 104 valence electrons. The van der Waals surface area contributed by atoms with Gasteiger partial charge in [0.2, 0.25) is 0 Å². The van der Waals surface area contributed by atoms with E-state index < -0.39 is 5.82 Å². The summed E-state index contributed by atoms with van der Waals surface area (Å²) in [5, 5.41) is 0.337. The Labute approximate surface area is 116 Å². The van der Waals surface area contributed by atoms with E-state index in [0.29, 0.717) is 22.3 Å². The van der Waals surface area contributed by atoms with Crippen LogP contribution >= 0.6 is 11.8 Å². The van der Waals surface area contributed by atoms with Gasteiger partial charge in [0, 0.05) is 11.9 Å². The van der Waals surface area contributed by atoms with Crippen LogP contribution in [-0.4, -0.2) is 36.6 Å². The zero-order chi connectivity index (χ0) is 13.8. The normalized spacial score (nSPS) is 22.5. The molecule has 3 nitrogen and oxygen atoms in total. The van der Waals surface area contributed by atoms with Crippen LogP contribution in [0.5, 0.6) is 5.75 Å². The zero-order valence-corrected chi connectivity index (χ0v) is 11.8. The highest BCUT2D eigenvalue weighted by molar-refractivity contribution is 8.00. The highest BCUT2D eigenvalue weighted by atomic mass is 32.2. The van der Waals surface area contributed by atoms with Crippen LogP contribution in [0.15, 0.2) is 18.2 Å². The summed E-state index contributed by atoms with van der Waals surface area (Å²) in [5.41, 5.74) is 0.307. The minimum atomic E-state index is -0.424. The number of hydrogen-bond acceptors (Lipinski definition) is 4. The molecule has 0 radical (unpaired) electrons. The van der Waals surface area contributed by atoms with Crippen LogP contribution in [0.4, 0.5) is 4.39 Å². The highest BCUT2D eigenvalue weighted by Crippen LogP contribution is 2.28. The molecule has 1 aromatic rings. The summed E-state index contributed by atoms with van der Waals surface area (Å²) in [4.78, 5) is 12.1. The van der Waals surface area contributed by atoms with Gasteiger partial charge in [-0.1, -0.05) is 0 Å². The van der Waals surface area contributed by atoms with E-state index in [1.165, 1.54) is 25.3 Å². The van der Waals surface area contributed by atoms with E-state index in [0.717, 1.165) is 13.0 Å². The van der Waals surface area contributed by atoms with Crippen LogP contribution in [0.2, 0.25) is 0 Å². The molecule has 1 aliphatic rings. The number of ether oxygens (including phenoxy) is 2. The Bertz CT molecular complexity index is 464. The van der Waals surface area contributed by atoms with Crippen molar-refractivity contribution in [3.63, 3.8) is 0 Å². The lowest BCUT2D eigenvalue weighted by molar-refractivity contribution is 0.101. The smallest absolute Gasteiger partial charge is 0.176 e. The number of ketones is 1. The van der Waals surface area contributed by atoms with Gasteiger partial charge in [0.05, 0.1) is 24.5 Å². The van der Waals surface area contributed by atoms with Crippen molar-refractivity contribution in [2.75, 3.05) is 19.5 Å². The number of rotatable bonds is 5. The Morgan fingerprint density at radius 2 is 2.37 bits per heavy atom. The molecular weight excluding hydrogens is 267 g/mol. The molecule has 0 amide bonds. The van der Waals surface area contributed by atoms with E-state index in [2.05, 4.69) is 0 Å². The number of hydrogen-bond donors (Lipinski definition) is 0. The lowest BCUT2D eigenvalue weighted by Crippen LogP contribution is -2.16. The summed E-state index contributed by atoms with van der Waals surface area (Å²) in [6, 6.07) is 4.00. The molecule has 0 aliphatic carbocycles. The van der Waals surface area contributed by atoms with Crippen molar-refractivity contribution < 1.29 is 18.7 Å². The van der Waals surface area contributed by atoms with Gasteiger partial charge in [0.15, 0.2) is 5.78 Å². The second kappa shape index (κ2) is 6.39. The average Bonchev–Trinajstić information content (AvgIpc) is 2.81. The first-order valence-corrected chi connectivity index (χ1v) is 7.26. The SMILES string of the molecule is COc1ccc(F)cc1C(=O)CSC1CCOC1C. The second-order valence-corrected chi connectivity index (χ2v) is 5.71. The maximum atomic E-state index is 13.2. The maximum absolute atomic E-state index is 13.2. The van der Waals surface area contributed by atoms with Crippen LogP contribution in [0.3, 0.4) is 0 Å². The third kappa shape index (κ3) is 3.48. The summed E-state index contributed by atoms with van der Waals surface area (Å²) in [7, 11) is 1.48. The van der Waals surface area contributed by atoms with Crippen LogP contribution in [-0.2, 0) is 4.74 Å². The van der Waals surface area contributed by atoms with Gasteiger partial charge in [0.1, 0.15) is 11.6 Å². The van der Waals surface area contributed by atoms with Gasteiger partial charge in [-0.2, -0.15) is 0 Å². The van der Waals surface area contributed by atoms with Crippen molar-refractivity contribution in [1.29, 1.82) is 0 Å². The first kappa shape index (κ1) is 14.3. The largest absolute Gasteiger partial charge is 0.496 e. The quantitative estimate of drug-likeness (QED) is 0.779. The fourth-order valence-electron chi connectivity index (χ4n) is 2.09. The Hall–Kier alpha value is -1.07. The van der Waals surface area contributed by atoms with Crippen molar-refractivity contribution >= 4 is 17.5 Å². The summed E-state index contributed by atoms with van der Waals surface area (Å²) in [6.07, 6.45) is 1.13. The van der Waals surface area contributed by atoms with Crippen LogP contribution in [0, 0.1) is 5.82 Å². The van der Waals surface area contributed by atoms with Gasteiger partial charge in [-0.25, -0.2) is 4.39 Å². The Balaban J connectivity index is 2.01. The molecule has 1 saturated heterocycles. The summed E-state index contributed by atoms with van der Waals surface area (Å²) >= 11 is 1.57. The molecule has 19 heavy (non-hydrogen) atoms. The number of thioether (sulfide) groups is 1. The molecule has 0 aromatic heterocycles. The lowest BCUT2D eigenvalue weighted by Gasteiger charge is -2.13. The van der Waals surface area contributed by atoms with Crippen LogP contribution < -0.4 is 4.74 Å². The molecular formula is C14H17FO3S. The number of methoxy groups -OCH3 is 1. The minimum absolute atomic E-state index is 0.111. The van der Waals surface area contributed by atoms with Crippen molar-refractivity contribution in [1.82, 2.24) is 0 Å². The molecule has 5 heteroatoms. The second-order valence-electron chi connectivity index (χ2n) is 4.48. The Morgan fingerprint density at radius 3 is 3.00 bits per heavy atom. The molecule has 1 aliphatic heterocycles. The molecule has 1 heterocycles. The highest BCUT2D eigenvalue weighted by Gasteiger charge is 2.26. The topological polar surface area (TPSA) is 35.5 Å². The van der Waals surface area contributed by atoms with Gasteiger partial charge in [-0.3, -0.25) is 4.79 Å². The number of Topliss-reactive ketones (excluding diaryl/α,β-unsaturated/α-hetero) is 1. The zero-order valence-electron chi connectivity index (χ0n) is 11.0. The Morgan fingerprint density at radius 1 is 1.58 bits per heavy atom. The first-order valence-electron chi connectivity index (χ1n) is 6.21. The molecule has 2 rings (SSSR count). The molecule has 1 fully saturated rings. The van der Waals surface area contributed by atoms with E-state index in [-0.39, 0.29) is 11.9 Å². The molecule has 0 N–H and O–H groups in total. The molecule has 2 atom stereocenters. The van der Waals surface area contributed by atoms with E-state index in [4.69, 9.17) is 9.47 Å². The van der Waals surface area contributed by atoms with Gasteiger partial charge in [-0.05, 0) is 31.5 Å². The molecule has 1 aromatic carbocycles. The number of halogens is 1. The first-order chi connectivity index (χ1) is 9.11. The average molecular weight is 284 g/mol. The van der Waals surface area contributed by atoms with E-state index in [1.807, 2.05) is 6.92 Å². The molecule has 2 unspecified atom stereocenters. The van der Waals surface area contributed by atoms with Crippen molar-refractivity contribution in [3.05, 3.63) is 29.6 Å². The van der Waals surface area contributed by atoms with Crippen molar-refractivity contribution in [3.8, 4) is 5.75 Å². The molecule has 0 saturated carbocycles. The van der Waals surface area contributed by atoms with Crippen molar-refractivity contribution in [2.24, 2.45) is 0 Å². The number of benzene rings is 1. The van der Waals surface area contributed by atoms with Crippen molar-refractivity contribution in [2.45, 2.75) is 24.7 Å². The minimum Gasteiger partial charge on any atom is -0.496 e. The van der Waals surface area contributed by atoms with Gasteiger partial charge in [-0.15, -0.1) is 11.8 Å². The van der Waals surface area contributed by atoms with E-state index in [1.54, 1.807) is 11.8 Å². The molecule has 0 spiro atoms. The maximum Gasteiger partial charge on any atom is 0.176 e. The van der Waals surface area contributed by atoms with Crippen LogP contribution in [0.1, 0.15) is 23.7 Å². The third-order valence-electron chi connectivity index (χ3n) is 3.20. The Kier molecular flexibility index (Phi) is 4.82. The predicted octanol–water partition coefficient (Wildman–Crippen LogP) is 2.93. The number of carbonyl (C=O) groups excluding carboxylic acids is 1. The predicted molar refractivity (Wildman–Crippen MR) is 73.6 cm³/mol. The summed E-state index contributed by atoms with van der Waals surface area (Å²) in [6.45, 7) is 2.76. The summed E-state index contributed by atoms with van der Waals surface area (Å²) in [5.74, 6) is 0.202. The van der Waals surface area contributed by atoms with Gasteiger partial charge in [0.25, 0.3) is 0 Å². The molecule has 0 bridgehead atoms. The number of carbonyl (C=O) groups is 1. The van der Waals surface area contributed by atoms with Gasteiger partial charge < -0.3 is 9.47 Å². The lowest BCUT2D eigenvalue weighted by atomic mass is 10.1. The van der Waals surface area contributed by atoms with Gasteiger partial charge >= 0.3 is 0 Å². The summed E-state index contributed by atoms with van der Waals surface area (Å²) < 4.78 is 23.8.